The third-order valence-corrected chi connectivity index (χ3v) is 5.28. The minimum atomic E-state index is -0.551. The van der Waals surface area contributed by atoms with Crippen LogP contribution in [0.1, 0.15) is 68.9 Å². The van der Waals surface area contributed by atoms with Gasteiger partial charge in [-0.05, 0) is 75.5 Å². The fourth-order valence-corrected chi connectivity index (χ4v) is 4.31. The number of benzene rings is 1. The van der Waals surface area contributed by atoms with Crippen LogP contribution in [0.25, 0.3) is 0 Å². The van der Waals surface area contributed by atoms with Crippen LogP contribution in [0.15, 0.2) is 24.3 Å². The maximum Gasteiger partial charge on any atom is 0.0640 e. The molecule has 1 aliphatic heterocycles. The minimum Gasteiger partial charge on any atom is -0.390 e. The Balaban J connectivity index is 1.65. The number of nitrogens with one attached hydrogen (secondary N) is 1. The van der Waals surface area contributed by atoms with Gasteiger partial charge in [0.15, 0.2) is 0 Å². The summed E-state index contributed by atoms with van der Waals surface area (Å²) in [6, 6.07) is 9.33. The van der Waals surface area contributed by atoms with Crippen LogP contribution in [-0.2, 0) is 6.42 Å². The molecule has 0 amide bonds. The minimum absolute atomic E-state index is 0.507. The average Bonchev–Trinajstić information content (AvgIpc) is 2.48. The van der Waals surface area contributed by atoms with Gasteiger partial charge < -0.3 is 10.4 Å². The van der Waals surface area contributed by atoms with Crippen molar-refractivity contribution >= 4 is 0 Å². The first-order valence-electron chi connectivity index (χ1n) is 8.68. The molecule has 0 spiro atoms. The second-order valence-corrected chi connectivity index (χ2v) is 7.34. The first-order chi connectivity index (χ1) is 10.1. The number of piperidine rings is 1. The van der Waals surface area contributed by atoms with E-state index >= 15 is 0 Å². The summed E-state index contributed by atoms with van der Waals surface area (Å²) in [6.07, 6.45) is 9.31. The summed E-state index contributed by atoms with van der Waals surface area (Å²) in [5.41, 5.74) is 2.44. The molecule has 3 rings (SSSR count). The zero-order valence-corrected chi connectivity index (χ0v) is 13.3. The molecule has 3 atom stereocenters. The average molecular weight is 287 g/mol. The van der Waals surface area contributed by atoms with E-state index in [1.54, 1.807) is 0 Å². The van der Waals surface area contributed by atoms with Gasteiger partial charge in [-0.25, -0.2) is 0 Å². The molecule has 1 saturated heterocycles. The molecule has 0 saturated carbocycles. The smallest absolute Gasteiger partial charge is 0.0640 e. The standard InChI is InChI=1S/C19H29NO/c1-19(21,14-17-10-4-5-12-20-17)13-16-9-6-8-15-7-2-3-11-18(15)16/h2-3,7,11,16-17,20-21H,4-6,8-10,12-14H2,1H3. The van der Waals surface area contributed by atoms with Crippen molar-refractivity contribution in [3.05, 3.63) is 35.4 Å². The number of aliphatic hydroxyl groups is 1. The molecule has 1 fully saturated rings. The monoisotopic (exact) mass is 287 g/mol. The third kappa shape index (κ3) is 3.87. The molecule has 2 nitrogen and oxygen atoms in total. The van der Waals surface area contributed by atoms with E-state index in [9.17, 15) is 5.11 Å². The van der Waals surface area contributed by atoms with E-state index in [2.05, 4.69) is 29.6 Å². The molecular formula is C19H29NO. The maximum absolute atomic E-state index is 10.9. The van der Waals surface area contributed by atoms with E-state index in [0.29, 0.717) is 12.0 Å². The zero-order chi connectivity index (χ0) is 14.7. The van der Waals surface area contributed by atoms with Crippen LogP contribution in [0.2, 0.25) is 0 Å². The van der Waals surface area contributed by atoms with Crippen LogP contribution in [0, 0.1) is 0 Å². The van der Waals surface area contributed by atoms with Crippen molar-refractivity contribution in [1.82, 2.24) is 5.32 Å². The maximum atomic E-state index is 10.9. The van der Waals surface area contributed by atoms with Crippen molar-refractivity contribution in [2.75, 3.05) is 6.54 Å². The summed E-state index contributed by atoms with van der Waals surface area (Å²) in [7, 11) is 0. The predicted octanol–water partition coefficient (Wildman–Crippen LogP) is 3.78. The summed E-state index contributed by atoms with van der Waals surface area (Å²) in [5, 5.41) is 14.5. The summed E-state index contributed by atoms with van der Waals surface area (Å²) >= 11 is 0. The highest BCUT2D eigenvalue weighted by Gasteiger charge is 2.31. The Hall–Kier alpha value is -0.860. The van der Waals surface area contributed by atoms with Crippen molar-refractivity contribution in [2.45, 2.75) is 75.9 Å². The lowest BCUT2D eigenvalue weighted by molar-refractivity contribution is 0.0202. The normalized spacial score (nSPS) is 28.7. The molecule has 0 aromatic heterocycles. The van der Waals surface area contributed by atoms with Crippen LogP contribution >= 0.6 is 0 Å². The van der Waals surface area contributed by atoms with Crippen molar-refractivity contribution in [2.24, 2.45) is 0 Å². The van der Waals surface area contributed by atoms with Gasteiger partial charge in [0.25, 0.3) is 0 Å². The van der Waals surface area contributed by atoms with Gasteiger partial charge in [0.1, 0.15) is 0 Å². The number of rotatable bonds is 4. The lowest BCUT2D eigenvalue weighted by Crippen LogP contribution is -2.41. The van der Waals surface area contributed by atoms with Crippen LogP contribution in [0.5, 0.6) is 0 Å². The van der Waals surface area contributed by atoms with Gasteiger partial charge in [-0.2, -0.15) is 0 Å². The summed E-state index contributed by atoms with van der Waals surface area (Å²) < 4.78 is 0. The fraction of sp³-hybridized carbons (Fsp3) is 0.684. The van der Waals surface area contributed by atoms with Gasteiger partial charge in [0.05, 0.1) is 5.60 Å². The molecule has 1 heterocycles. The van der Waals surface area contributed by atoms with Crippen molar-refractivity contribution in [3.8, 4) is 0 Å². The number of aryl methyl sites for hydroxylation is 1. The van der Waals surface area contributed by atoms with Crippen molar-refractivity contribution in [1.29, 1.82) is 0 Å². The highest BCUT2D eigenvalue weighted by atomic mass is 16.3. The highest BCUT2D eigenvalue weighted by molar-refractivity contribution is 5.32. The van der Waals surface area contributed by atoms with Gasteiger partial charge >= 0.3 is 0 Å². The molecular weight excluding hydrogens is 258 g/mol. The Morgan fingerprint density at radius 3 is 2.81 bits per heavy atom. The predicted molar refractivity (Wildman–Crippen MR) is 87.6 cm³/mol. The Bertz CT molecular complexity index is 462. The van der Waals surface area contributed by atoms with E-state index in [1.165, 1.54) is 49.7 Å². The summed E-state index contributed by atoms with van der Waals surface area (Å²) in [4.78, 5) is 0. The quantitative estimate of drug-likeness (QED) is 0.883. The van der Waals surface area contributed by atoms with Crippen LogP contribution in [-0.4, -0.2) is 23.3 Å². The molecule has 116 valence electrons. The summed E-state index contributed by atoms with van der Waals surface area (Å²) in [5.74, 6) is 0.536. The number of hydrogen-bond acceptors (Lipinski definition) is 2. The molecule has 2 aliphatic rings. The van der Waals surface area contributed by atoms with Gasteiger partial charge in [0.2, 0.25) is 0 Å². The molecule has 1 aromatic rings. The lowest BCUT2D eigenvalue weighted by atomic mass is 9.75. The number of fused-ring (bicyclic) bond motifs is 1. The Morgan fingerprint density at radius 2 is 2.00 bits per heavy atom. The SMILES string of the molecule is CC(O)(CC1CCCCN1)CC1CCCc2ccccc21. The van der Waals surface area contributed by atoms with E-state index < -0.39 is 5.60 Å². The second-order valence-electron chi connectivity index (χ2n) is 7.34. The molecule has 1 aliphatic carbocycles. The van der Waals surface area contributed by atoms with Crippen LogP contribution in [0.4, 0.5) is 0 Å². The van der Waals surface area contributed by atoms with E-state index in [-0.39, 0.29) is 0 Å². The molecule has 0 bridgehead atoms. The first-order valence-corrected chi connectivity index (χ1v) is 8.68. The second kappa shape index (κ2) is 6.50. The molecule has 1 aromatic carbocycles. The Kier molecular flexibility index (Phi) is 4.66. The zero-order valence-electron chi connectivity index (χ0n) is 13.3. The van der Waals surface area contributed by atoms with Gasteiger partial charge in [-0.1, -0.05) is 30.7 Å². The fourth-order valence-electron chi connectivity index (χ4n) is 4.31. The topological polar surface area (TPSA) is 32.3 Å². The molecule has 3 unspecified atom stereocenters. The third-order valence-electron chi connectivity index (χ3n) is 5.28. The van der Waals surface area contributed by atoms with Gasteiger partial charge in [-0.3, -0.25) is 0 Å². The first kappa shape index (κ1) is 15.1. The lowest BCUT2D eigenvalue weighted by Gasteiger charge is -2.36. The largest absolute Gasteiger partial charge is 0.390 e. The Morgan fingerprint density at radius 1 is 1.14 bits per heavy atom. The molecule has 21 heavy (non-hydrogen) atoms. The Labute approximate surface area is 129 Å². The van der Waals surface area contributed by atoms with E-state index in [1.807, 2.05) is 6.92 Å². The van der Waals surface area contributed by atoms with Gasteiger partial charge in [-0.15, -0.1) is 0 Å². The number of hydrogen-bond donors (Lipinski definition) is 2. The van der Waals surface area contributed by atoms with E-state index in [0.717, 1.165) is 19.4 Å². The molecule has 2 heteroatoms. The summed E-state index contributed by atoms with van der Waals surface area (Å²) in [6.45, 7) is 3.16. The highest BCUT2D eigenvalue weighted by Crippen LogP contribution is 2.38. The van der Waals surface area contributed by atoms with Crippen LogP contribution in [0.3, 0.4) is 0 Å². The van der Waals surface area contributed by atoms with Crippen molar-refractivity contribution < 1.29 is 5.11 Å². The van der Waals surface area contributed by atoms with Gasteiger partial charge in [0, 0.05) is 6.04 Å². The van der Waals surface area contributed by atoms with Crippen molar-refractivity contribution in [3.63, 3.8) is 0 Å². The van der Waals surface area contributed by atoms with Crippen LogP contribution < -0.4 is 5.32 Å². The molecule has 0 radical (unpaired) electrons. The van der Waals surface area contributed by atoms with E-state index in [4.69, 9.17) is 0 Å². The molecule has 2 N–H and O–H groups in total.